The molecular weight excluding hydrogens is 318 g/mol. The Bertz CT molecular complexity index is 603. The average Bonchev–Trinajstić information content (AvgIpc) is 2.58. The minimum Gasteiger partial charge on any atom is -0.379 e. The number of aryl methyl sites for hydroxylation is 1. The number of carbonyl (C=O) groups excluding carboxylic acids is 2. The van der Waals surface area contributed by atoms with Gasteiger partial charge in [-0.3, -0.25) is 9.59 Å². The van der Waals surface area contributed by atoms with E-state index in [-0.39, 0.29) is 12.5 Å². The Balaban J connectivity index is 1.89. The molecule has 0 radical (unpaired) electrons. The number of nitrogens with zero attached hydrogens (tertiary/aromatic N) is 1. The Hall–Kier alpha value is -1.92. The van der Waals surface area contributed by atoms with Gasteiger partial charge in [0.2, 0.25) is 5.91 Å². The minimum absolute atomic E-state index is 0.0248. The molecule has 1 aromatic rings. The highest BCUT2D eigenvalue weighted by atomic mass is 16.3. The van der Waals surface area contributed by atoms with Crippen LogP contribution < -0.4 is 11.1 Å². The lowest BCUT2D eigenvalue weighted by molar-refractivity contribution is -0.157. The van der Waals surface area contributed by atoms with E-state index in [2.05, 4.69) is 17.4 Å². The van der Waals surface area contributed by atoms with Crippen LogP contribution in [0.1, 0.15) is 38.7 Å². The molecule has 4 N–H and O–H groups in total. The first-order valence-electron chi connectivity index (χ1n) is 8.85. The zero-order valence-corrected chi connectivity index (χ0v) is 15.1. The fraction of sp³-hybridized carbons (Fsp3) is 0.579. The molecule has 1 aromatic carbocycles. The summed E-state index contributed by atoms with van der Waals surface area (Å²) in [6.07, 6.45) is 2.89. The van der Waals surface area contributed by atoms with E-state index in [0.717, 1.165) is 19.3 Å². The molecule has 1 aliphatic heterocycles. The lowest BCUT2D eigenvalue weighted by atomic mass is 9.90. The Morgan fingerprint density at radius 2 is 2.04 bits per heavy atom. The van der Waals surface area contributed by atoms with Gasteiger partial charge in [0.15, 0.2) is 5.60 Å². The number of hydrogen-bond acceptors (Lipinski definition) is 4. The first kappa shape index (κ1) is 19.4. The van der Waals surface area contributed by atoms with Crippen LogP contribution in [-0.4, -0.2) is 52.6 Å². The SMILES string of the molecule is CC(C)(NC[C@@]1(O)CCCN(CCCc2ccccc2)C1=O)C(N)=O. The van der Waals surface area contributed by atoms with Crippen molar-refractivity contribution in [2.75, 3.05) is 19.6 Å². The molecule has 0 spiro atoms. The highest BCUT2D eigenvalue weighted by Gasteiger charge is 2.43. The summed E-state index contributed by atoms with van der Waals surface area (Å²) >= 11 is 0. The van der Waals surface area contributed by atoms with E-state index in [0.29, 0.717) is 19.5 Å². The summed E-state index contributed by atoms with van der Waals surface area (Å²) in [5, 5.41) is 13.7. The molecule has 1 atom stereocenters. The maximum atomic E-state index is 12.7. The summed E-state index contributed by atoms with van der Waals surface area (Å²) in [5.41, 5.74) is 4.14. The van der Waals surface area contributed by atoms with Crippen molar-refractivity contribution in [3.05, 3.63) is 35.9 Å². The number of primary amides is 1. The number of carbonyl (C=O) groups is 2. The number of benzene rings is 1. The molecule has 0 unspecified atom stereocenters. The van der Waals surface area contributed by atoms with Crippen molar-refractivity contribution < 1.29 is 14.7 Å². The molecule has 6 heteroatoms. The topological polar surface area (TPSA) is 95.7 Å². The second kappa shape index (κ2) is 7.97. The van der Waals surface area contributed by atoms with E-state index < -0.39 is 17.0 Å². The summed E-state index contributed by atoms with van der Waals surface area (Å²) < 4.78 is 0. The number of β-amino-alcohol motifs (C(OH)–C–C–N with tert-alkyl or cyclic N) is 1. The van der Waals surface area contributed by atoms with Gasteiger partial charge < -0.3 is 21.1 Å². The predicted molar refractivity (Wildman–Crippen MR) is 96.8 cm³/mol. The molecule has 0 saturated carbocycles. The van der Waals surface area contributed by atoms with Crippen LogP contribution in [0.25, 0.3) is 0 Å². The summed E-state index contributed by atoms with van der Waals surface area (Å²) in [7, 11) is 0. The summed E-state index contributed by atoms with van der Waals surface area (Å²) in [6, 6.07) is 10.1. The van der Waals surface area contributed by atoms with Gasteiger partial charge in [0.05, 0.1) is 5.54 Å². The van der Waals surface area contributed by atoms with Crippen LogP contribution in [0.3, 0.4) is 0 Å². The van der Waals surface area contributed by atoms with Crippen LogP contribution in [0.15, 0.2) is 30.3 Å². The molecule has 0 bridgehead atoms. The third kappa shape index (κ3) is 5.03. The van der Waals surface area contributed by atoms with E-state index in [4.69, 9.17) is 5.73 Å². The van der Waals surface area contributed by atoms with Gasteiger partial charge in [-0.25, -0.2) is 0 Å². The highest BCUT2D eigenvalue weighted by Crippen LogP contribution is 2.23. The molecule has 1 saturated heterocycles. The molecule has 1 aliphatic rings. The quantitative estimate of drug-likeness (QED) is 0.649. The number of amides is 2. The molecule has 1 heterocycles. The predicted octanol–water partition coefficient (Wildman–Crippen LogP) is 0.826. The third-order valence-corrected chi connectivity index (χ3v) is 4.88. The van der Waals surface area contributed by atoms with Crippen LogP contribution >= 0.6 is 0 Å². The van der Waals surface area contributed by atoms with Crippen molar-refractivity contribution in [2.24, 2.45) is 5.73 Å². The van der Waals surface area contributed by atoms with Crippen molar-refractivity contribution >= 4 is 11.8 Å². The lowest BCUT2D eigenvalue weighted by Crippen LogP contribution is -2.62. The van der Waals surface area contributed by atoms with Gasteiger partial charge in [0.25, 0.3) is 5.91 Å². The van der Waals surface area contributed by atoms with Crippen LogP contribution in [0.4, 0.5) is 0 Å². The van der Waals surface area contributed by atoms with Crippen molar-refractivity contribution in [1.29, 1.82) is 0 Å². The van der Waals surface area contributed by atoms with E-state index in [9.17, 15) is 14.7 Å². The van der Waals surface area contributed by atoms with Gasteiger partial charge >= 0.3 is 0 Å². The second-order valence-electron chi connectivity index (χ2n) is 7.36. The summed E-state index contributed by atoms with van der Waals surface area (Å²) in [4.78, 5) is 25.8. The van der Waals surface area contributed by atoms with Crippen LogP contribution in [0.5, 0.6) is 0 Å². The van der Waals surface area contributed by atoms with Gasteiger partial charge in [0.1, 0.15) is 0 Å². The largest absolute Gasteiger partial charge is 0.379 e. The molecule has 2 rings (SSSR count). The normalized spacial score (nSPS) is 21.4. The minimum atomic E-state index is -1.47. The standard InChI is InChI=1S/C19H29N3O3/c1-18(2,16(20)23)21-14-19(25)11-7-13-22(17(19)24)12-6-10-15-8-4-3-5-9-15/h3-5,8-9,21,25H,6-7,10-14H2,1-2H3,(H2,20,23)/t19-/m0/s1. The van der Waals surface area contributed by atoms with Gasteiger partial charge in [-0.2, -0.15) is 0 Å². The lowest BCUT2D eigenvalue weighted by Gasteiger charge is -2.39. The molecular formula is C19H29N3O3. The number of piperidine rings is 1. The maximum absolute atomic E-state index is 12.7. The average molecular weight is 347 g/mol. The number of rotatable bonds is 8. The van der Waals surface area contributed by atoms with E-state index >= 15 is 0 Å². The van der Waals surface area contributed by atoms with E-state index in [1.807, 2.05) is 18.2 Å². The van der Waals surface area contributed by atoms with Gasteiger partial charge in [-0.15, -0.1) is 0 Å². The first-order valence-corrected chi connectivity index (χ1v) is 8.85. The van der Waals surface area contributed by atoms with Gasteiger partial charge in [0, 0.05) is 19.6 Å². The van der Waals surface area contributed by atoms with Gasteiger partial charge in [-0.1, -0.05) is 30.3 Å². The molecule has 0 aliphatic carbocycles. The zero-order valence-electron chi connectivity index (χ0n) is 15.1. The summed E-state index contributed by atoms with van der Waals surface area (Å²) in [6.45, 7) is 4.59. The fourth-order valence-electron chi connectivity index (χ4n) is 3.02. The van der Waals surface area contributed by atoms with Crippen LogP contribution in [0, 0.1) is 0 Å². The van der Waals surface area contributed by atoms with E-state index in [1.165, 1.54) is 5.56 Å². The molecule has 0 aromatic heterocycles. The maximum Gasteiger partial charge on any atom is 0.255 e. The Kier molecular flexibility index (Phi) is 6.19. The Labute approximate surface area is 149 Å². The smallest absolute Gasteiger partial charge is 0.255 e. The zero-order chi connectivity index (χ0) is 18.5. The monoisotopic (exact) mass is 347 g/mol. The molecule has 138 valence electrons. The second-order valence-corrected chi connectivity index (χ2v) is 7.36. The number of nitrogens with one attached hydrogen (secondary N) is 1. The Morgan fingerprint density at radius 1 is 1.36 bits per heavy atom. The molecule has 2 amide bonds. The molecule has 1 fully saturated rings. The van der Waals surface area contributed by atoms with Crippen molar-refractivity contribution in [1.82, 2.24) is 10.2 Å². The fourth-order valence-corrected chi connectivity index (χ4v) is 3.02. The Morgan fingerprint density at radius 3 is 2.68 bits per heavy atom. The van der Waals surface area contributed by atoms with Crippen molar-refractivity contribution in [3.8, 4) is 0 Å². The summed E-state index contributed by atoms with van der Waals surface area (Å²) in [5.74, 6) is -0.779. The van der Waals surface area contributed by atoms with Crippen LogP contribution in [-0.2, 0) is 16.0 Å². The van der Waals surface area contributed by atoms with Crippen LogP contribution in [0.2, 0.25) is 0 Å². The number of hydrogen-bond donors (Lipinski definition) is 3. The number of likely N-dealkylation sites (tertiary alicyclic amines) is 1. The van der Waals surface area contributed by atoms with Gasteiger partial charge in [-0.05, 0) is 45.1 Å². The highest BCUT2D eigenvalue weighted by molar-refractivity contribution is 5.87. The van der Waals surface area contributed by atoms with Crippen molar-refractivity contribution in [3.63, 3.8) is 0 Å². The number of nitrogens with two attached hydrogens (primary N) is 1. The third-order valence-electron chi connectivity index (χ3n) is 4.88. The first-order chi connectivity index (χ1) is 11.7. The van der Waals surface area contributed by atoms with Crippen molar-refractivity contribution in [2.45, 2.75) is 50.7 Å². The molecule has 25 heavy (non-hydrogen) atoms. The molecule has 6 nitrogen and oxygen atoms in total. The van der Waals surface area contributed by atoms with E-state index in [1.54, 1.807) is 18.7 Å². The number of aliphatic hydroxyl groups is 1.